The maximum absolute atomic E-state index is 9.41. The summed E-state index contributed by atoms with van der Waals surface area (Å²) in [5, 5.41) is 10.6. The molecule has 104 valence electrons. The monoisotopic (exact) mass is 274 g/mol. The summed E-state index contributed by atoms with van der Waals surface area (Å²) < 4.78 is 2.13. The van der Waals surface area contributed by atoms with Crippen LogP contribution in [0.25, 0.3) is 10.9 Å². The van der Waals surface area contributed by atoms with E-state index >= 15 is 0 Å². The van der Waals surface area contributed by atoms with Crippen LogP contribution >= 0.6 is 0 Å². The molecule has 0 radical (unpaired) electrons. The summed E-state index contributed by atoms with van der Waals surface area (Å²) in [4.78, 5) is 0. The van der Waals surface area contributed by atoms with Crippen molar-refractivity contribution < 1.29 is 0 Å². The van der Waals surface area contributed by atoms with Crippen LogP contribution in [0.5, 0.6) is 0 Å². The van der Waals surface area contributed by atoms with Crippen LogP contribution in [-0.4, -0.2) is 4.57 Å². The van der Waals surface area contributed by atoms with Gasteiger partial charge in [-0.05, 0) is 49.1 Å². The summed E-state index contributed by atoms with van der Waals surface area (Å²) in [6.07, 6.45) is 0.937. The normalized spacial score (nSPS) is 10.7. The number of hydrogen-bond acceptors (Lipinski definition) is 1. The minimum Gasteiger partial charge on any atom is -0.332 e. The zero-order valence-corrected chi connectivity index (χ0v) is 12.4. The highest BCUT2D eigenvalue weighted by Crippen LogP contribution is 2.25. The topological polar surface area (TPSA) is 28.7 Å². The molecule has 1 heterocycles. The molecule has 0 saturated heterocycles. The molecule has 0 fully saturated rings. The summed E-state index contributed by atoms with van der Waals surface area (Å²) in [7, 11) is 0. The number of nitrogens with zero attached hydrogens (tertiary/aromatic N) is 2. The number of fused-ring (bicyclic) bond motifs is 1. The van der Waals surface area contributed by atoms with Crippen molar-refractivity contribution in [2.75, 3.05) is 0 Å². The van der Waals surface area contributed by atoms with Crippen LogP contribution in [0, 0.1) is 25.2 Å². The molecule has 3 rings (SSSR count). The Labute approximate surface area is 125 Å². The molecule has 0 spiro atoms. The summed E-state index contributed by atoms with van der Waals surface area (Å²) in [6.45, 7) is 5.07. The molecule has 0 aliphatic rings. The van der Waals surface area contributed by atoms with Crippen molar-refractivity contribution in [3.63, 3.8) is 0 Å². The van der Waals surface area contributed by atoms with Crippen molar-refractivity contribution in [3.8, 4) is 6.07 Å². The average Bonchev–Trinajstić information content (AvgIpc) is 2.88. The molecule has 0 amide bonds. The number of nitriles is 1. The molecule has 0 N–H and O–H groups in total. The van der Waals surface area contributed by atoms with Gasteiger partial charge in [-0.1, -0.05) is 36.4 Å². The second-order valence-electron chi connectivity index (χ2n) is 5.47. The Kier molecular flexibility index (Phi) is 3.50. The highest BCUT2D eigenvalue weighted by Gasteiger charge is 2.11. The highest BCUT2D eigenvalue weighted by atomic mass is 15.0. The van der Waals surface area contributed by atoms with Crippen LogP contribution in [0.1, 0.15) is 22.4 Å². The zero-order chi connectivity index (χ0) is 14.8. The molecule has 0 aliphatic carbocycles. The smallest absolute Gasteiger partial charge is 0.121 e. The van der Waals surface area contributed by atoms with Gasteiger partial charge in [0.15, 0.2) is 0 Å². The molecular formula is C19H18N2. The fourth-order valence-electron chi connectivity index (χ4n) is 2.80. The third-order valence-electron chi connectivity index (χ3n) is 4.21. The van der Waals surface area contributed by atoms with Gasteiger partial charge in [-0.2, -0.15) is 5.26 Å². The van der Waals surface area contributed by atoms with Gasteiger partial charge in [-0.3, -0.25) is 0 Å². The highest BCUT2D eigenvalue weighted by molar-refractivity contribution is 5.86. The fourth-order valence-corrected chi connectivity index (χ4v) is 2.80. The van der Waals surface area contributed by atoms with E-state index in [1.165, 1.54) is 22.1 Å². The minimum atomic E-state index is 0.745. The maximum atomic E-state index is 9.41. The van der Waals surface area contributed by atoms with Crippen molar-refractivity contribution in [2.45, 2.75) is 26.8 Å². The Bertz CT molecular complexity index is 820. The van der Waals surface area contributed by atoms with Crippen LogP contribution < -0.4 is 0 Å². The summed E-state index contributed by atoms with van der Waals surface area (Å²) in [5.74, 6) is 0. The van der Waals surface area contributed by atoms with Crippen LogP contribution in [0.3, 0.4) is 0 Å². The van der Waals surface area contributed by atoms with Crippen LogP contribution in [0.4, 0.5) is 0 Å². The summed E-state index contributed by atoms with van der Waals surface area (Å²) in [6, 6.07) is 19.0. The first-order valence-electron chi connectivity index (χ1n) is 7.24. The SMILES string of the molecule is Cc1ccc2c(cc(C#N)n2CCc2ccccc2)c1C. The lowest BCUT2D eigenvalue weighted by molar-refractivity contribution is 0.714. The number of aryl methyl sites for hydroxylation is 4. The molecule has 0 aliphatic heterocycles. The van der Waals surface area contributed by atoms with E-state index in [0.29, 0.717) is 0 Å². The zero-order valence-electron chi connectivity index (χ0n) is 12.4. The third-order valence-corrected chi connectivity index (χ3v) is 4.21. The molecule has 0 unspecified atom stereocenters. The average molecular weight is 274 g/mol. The van der Waals surface area contributed by atoms with Crippen LogP contribution in [0.2, 0.25) is 0 Å². The molecule has 0 bridgehead atoms. The summed E-state index contributed by atoms with van der Waals surface area (Å²) in [5.41, 5.74) is 5.74. The van der Waals surface area contributed by atoms with E-state index in [-0.39, 0.29) is 0 Å². The second-order valence-corrected chi connectivity index (χ2v) is 5.47. The molecule has 0 saturated carbocycles. The predicted molar refractivity (Wildman–Crippen MR) is 86.3 cm³/mol. The number of hydrogen-bond donors (Lipinski definition) is 0. The Hall–Kier alpha value is -2.53. The van der Waals surface area contributed by atoms with E-state index in [9.17, 15) is 5.26 Å². The first-order chi connectivity index (χ1) is 10.2. The van der Waals surface area contributed by atoms with Crippen LogP contribution in [-0.2, 0) is 13.0 Å². The molecular weight excluding hydrogens is 256 g/mol. The van der Waals surface area contributed by atoms with Crippen molar-refractivity contribution in [3.05, 3.63) is 70.9 Å². The Morgan fingerprint density at radius 1 is 1.05 bits per heavy atom. The molecule has 1 aromatic heterocycles. The Morgan fingerprint density at radius 3 is 2.52 bits per heavy atom. The van der Waals surface area contributed by atoms with E-state index in [4.69, 9.17) is 0 Å². The van der Waals surface area contributed by atoms with Gasteiger partial charge >= 0.3 is 0 Å². The molecule has 2 nitrogen and oxygen atoms in total. The molecule has 3 aromatic rings. The summed E-state index contributed by atoms with van der Waals surface area (Å²) >= 11 is 0. The predicted octanol–water partition coefficient (Wildman–Crippen LogP) is 4.37. The van der Waals surface area contributed by atoms with E-state index in [0.717, 1.165) is 24.2 Å². The molecule has 2 aromatic carbocycles. The van der Waals surface area contributed by atoms with E-state index in [1.807, 2.05) is 12.1 Å². The van der Waals surface area contributed by atoms with Crippen molar-refractivity contribution in [2.24, 2.45) is 0 Å². The molecule has 0 atom stereocenters. The van der Waals surface area contributed by atoms with Gasteiger partial charge in [0.1, 0.15) is 11.8 Å². The first-order valence-corrected chi connectivity index (χ1v) is 7.24. The van der Waals surface area contributed by atoms with Gasteiger partial charge in [0.05, 0.1) is 0 Å². The molecule has 2 heteroatoms. The van der Waals surface area contributed by atoms with Crippen molar-refractivity contribution in [1.29, 1.82) is 5.26 Å². The third kappa shape index (κ3) is 2.43. The van der Waals surface area contributed by atoms with E-state index in [2.05, 4.69) is 60.9 Å². The van der Waals surface area contributed by atoms with Gasteiger partial charge < -0.3 is 4.57 Å². The standard InChI is InChI=1S/C19H18N2/c1-14-8-9-19-18(15(14)2)12-17(13-20)21(19)11-10-16-6-4-3-5-7-16/h3-9,12H,10-11H2,1-2H3. The van der Waals surface area contributed by atoms with Crippen molar-refractivity contribution in [1.82, 2.24) is 4.57 Å². The maximum Gasteiger partial charge on any atom is 0.121 e. The van der Waals surface area contributed by atoms with Gasteiger partial charge in [-0.15, -0.1) is 0 Å². The lowest BCUT2D eigenvalue weighted by Gasteiger charge is -2.08. The van der Waals surface area contributed by atoms with Crippen LogP contribution in [0.15, 0.2) is 48.5 Å². The second kappa shape index (κ2) is 5.46. The van der Waals surface area contributed by atoms with Gasteiger partial charge in [0, 0.05) is 17.4 Å². The Balaban J connectivity index is 2.01. The lowest BCUT2D eigenvalue weighted by Crippen LogP contribution is -2.03. The van der Waals surface area contributed by atoms with E-state index < -0.39 is 0 Å². The molecule has 21 heavy (non-hydrogen) atoms. The fraction of sp³-hybridized carbons (Fsp3) is 0.211. The van der Waals surface area contributed by atoms with E-state index in [1.54, 1.807) is 0 Å². The Morgan fingerprint density at radius 2 is 1.81 bits per heavy atom. The minimum absolute atomic E-state index is 0.745. The number of aromatic nitrogens is 1. The van der Waals surface area contributed by atoms with Gasteiger partial charge in [0.25, 0.3) is 0 Å². The largest absolute Gasteiger partial charge is 0.332 e. The lowest BCUT2D eigenvalue weighted by atomic mass is 10.1. The number of benzene rings is 2. The quantitative estimate of drug-likeness (QED) is 0.697. The number of rotatable bonds is 3. The van der Waals surface area contributed by atoms with Gasteiger partial charge in [-0.25, -0.2) is 0 Å². The van der Waals surface area contributed by atoms with Crippen molar-refractivity contribution >= 4 is 10.9 Å². The van der Waals surface area contributed by atoms with Gasteiger partial charge in [0.2, 0.25) is 0 Å². The first kappa shape index (κ1) is 13.5.